The van der Waals surface area contributed by atoms with Gasteiger partial charge in [0, 0.05) is 22.3 Å². The summed E-state index contributed by atoms with van der Waals surface area (Å²) in [6.07, 6.45) is 3.60. The van der Waals surface area contributed by atoms with Gasteiger partial charge in [-0.3, -0.25) is 14.4 Å². The molecule has 3 aliphatic heterocycles. The van der Waals surface area contributed by atoms with Crippen molar-refractivity contribution < 1.29 is 19.5 Å². The van der Waals surface area contributed by atoms with Crippen molar-refractivity contribution in [2.24, 2.45) is 11.8 Å². The van der Waals surface area contributed by atoms with E-state index < -0.39 is 28.7 Å². The number of hydrogen-bond acceptors (Lipinski definition) is 5. The summed E-state index contributed by atoms with van der Waals surface area (Å²) in [5.74, 6) is -1.71. The Kier molecular flexibility index (Phi) is 7.41. The van der Waals surface area contributed by atoms with Gasteiger partial charge in [0.1, 0.15) is 6.04 Å². The topological polar surface area (TPSA) is 98.7 Å². The number of carbonyl (C=O) groups excluding carboxylic acids is 3. The average Bonchev–Trinajstić information content (AvgIpc) is 3.40. The zero-order valence-corrected chi connectivity index (χ0v) is 21.4. The van der Waals surface area contributed by atoms with Crippen LogP contribution in [0, 0.1) is 11.8 Å². The second-order valence-corrected chi connectivity index (χ2v) is 12.0. The molecule has 7 atom stereocenters. The summed E-state index contributed by atoms with van der Waals surface area (Å²) in [6.45, 7) is 4.19. The van der Waals surface area contributed by atoms with E-state index in [2.05, 4.69) is 33.5 Å². The van der Waals surface area contributed by atoms with Crippen LogP contribution >= 0.6 is 27.7 Å². The van der Waals surface area contributed by atoms with Gasteiger partial charge in [-0.2, -0.15) is 0 Å². The highest BCUT2D eigenvalue weighted by molar-refractivity contribution is 9.09. The number of unbranched alkanes of at least 4 members (excludes halogenated alkanes) is 2. The van der Waals surface area contributed by atoms with Crippen molar-refractivity contribution in [3.8, 4) is 0 Å². The highest BCUT2D eigenvalue weighted by Crippen LogP contribution is 2.68. The Morgan fingerprint density at radius 3 is 2.67 bits per heavy atom. The van der Waals surface area contributed by atoms with Crippen LogP contribution in [0.25, 0.3) is 0 Å². The largest absolute Gasteiger partial charge is 0.394 e. The van der Waals surface area contributed by atoms with E-state index in [1.807, 2.05) is 30.3 Å². The molecule has 7 nitrogen and oxygen atoms in total. The highest BCUT2D eigenvalue weighted by atomic mass is 79.9. The fraction of sp³-hybridized carbons (Fsp3) is 0.625. The number of anilines is 1. The van der Waals surface area contributed by atoms with Crippen LogP contribution < -0.4 is 10.6 Å². The molecule has 3 N–H and O–H groups in total. The van der Waals surface area contributed by atoms with Crippen LogP contribution in [0.15, 0.2) is 30.3 Å². The zero-order valence-electron chi connectivity index (χ0n) is 19.0. The Morgan fingerprint density at radius 1 is 1.27 bits per heavy atom. The Balaban J connectivity index is 1.65. The molecule has 4 rings (SSSR count). The lowest BCUT2D eigenvalue weighted by atomic mass is 9.70. The summed E-state index contributed by atoms with van der Waals surface area (Å²) in [4.78, 5) is 42.2. The fourth-order valence-corrected chi connectivity index (χ4v) is 9.26. The summed E-state index contributed by atoms with van der Waals surface area (Å²) in [7, 11) is 0. The third-order valence-corrected chi connectivity index (χ3v) is 10.4. The van der Waals surface area contributed by atoms with Gasteiger partial charge >= 0.3 is 0 Å². The minimum Gasteiger partial charge on any atom is -0.394 e. The molecule has 1 aromatic carbocycles. The lowest BCUT2D eigenvalue weighted by Gasteiger charge is -2.36. The first-order valence-corrected chi connectivity index (χ1v) is 13.5. The van der Waals surface area contributed by atoms with E-state index in [9.17, 15) is 19.5 Å². The molecule has 3 aliphatic rings. The molecule has 0 saturated carbocycles. The standard InChI is InChI=1S/C24H32BrN3O4S/c1-3-4-8-11-26-22(31)20-24-12-16(25)19(33-24)17(18(24)23(32)28(20)14(2)13-29)21(30)27-15-9-6-5-7-10-15/h5-7,9-10,14,16-20,29H,3-4,8,11-13H2,1-2H3,(H,26,31)(H,27,30)/t14-,16?,17-,18+,19-,20?,24?/m1/s1. The number of thioether (sulfide) groups is 1. The summed E-state index contributed by atoms with van der Waals surface area (Å²) in [5.41, 5.74) is 0.687. The van der Waals surface area contributed by atoms with E-state index in [4.69, 9.17) is 0 Å². The molecule has 2 bridgehead atoms. The first kappa shape index (κ1) is 24.5. The van der Waals surface area contributed by atoms with Crippen LogP contribution in [0.5, 0.6) is 0 Å². The molecular formula is C24H32BrN3O4S. The van der Waals surface area contributed by atoms with Gasteiger partial charge in [-0.25, -0.2) is 0 Å². The summed E-state index contributed by atoms with van der Waals surface area (Å²) in [6, 6.07) is 8.02. The predicted octanol–water partition coefficient (Wildman–Crippen LogP) is 2.78. The van der Waals surface area contributed by atoms with Crippen LogP contribution in [0.2, 0.25) is 0 Å². The summed E-state index contributed by atoms with van der Waals surface area (Å²) >= 11 is 5.36. The fourth-order valence-electron chi connectivity index (χ4n) is 5.66. The number of halogens is 1. The van der Waals surface area contributed by atoms with Crippen LogP contribution in [0.3, 0.4) is 0 Å². The van der Waals surface area contributed by atoms with E-state index in [0.717, 1.165) is 19.3 Å². The summed E-state index contributed by atoms with van der Waals surface area (Å²) in [5, 5.41) is 15.8. The van der Waals surface area contributed by atoms with Crippen molar-refractivity contribution in [3.63, 3.8) is 0 Å². The Morgan fingerprint density at radius 2 is 2.00 bits per heavy atom. The van der Waals surface area contributed by atoms with E-state index in [0.29, 0.717) is 18.7 Å². The van der Waals surface area contributed by atoms with Crippen molar-refractivity contribution in [1.82, 2.24) is 10.2 Å². The molecule has 0 radical (unpaired) electrons. The molecular weight excluding hydrogens is 506 g/mol. The number of likely N-dealkylation sites (tertiary alicyclic amines) is 1. The van der Waals surface area contributed by atoms with Crippen molar-refractivity contribution >= 4 is 51.1 Å². The number of aliphatic hydroxyl groups is 1. The Hall–Kier alpha value is -1.58. The van der Waals surface area contributed by atoms with E-state index >= 15 is 0 Å². The van der Waals surface area contributed by atoms with Gasteiger partial charge < -0.3 is 20.6 Å². The molecule has 3 saturated heterocycles. The number of alkyl halides is 1. The van der Waals surface area contributed by atoms with Crippen LogP contribution in [0.4, 0.5) is 5.69 Å². The molecule has 33 heavy (non-hydrogen) atoms. The number of nitrogens with one attached hydrogen (secondary N) is 2. The second kappa shape index (κ2) is 9.96. The predicted molar refractivity (Wildman–Crippen MR) is 133 cm³/mol. The van der Waals surface area contributed by atoms with E-state index in [1.54, 1.807) is 23.6 Å². The molecule has 0 aromatic heterocycles. The maximum atomic E-state index is 13.8. The molecule has 3 unspecified atom stereocenters. The number of aliphatic hydroxyl groups excluding tert-OH is 1. The quantitative estimate of drug-likeness (QED) is 0.332. The molecule has 3 amide bonds. The Labute approximate surface area is 207 Å². The van der Waals surface area contributed by atoms with Gasteiger partial charge in [-0.1, -0.05) is 53.9 Å². The Bertz CT molecular complexity index is 903. The number of carbonyl (C=O) groups is 3. The van der Waals surface area contributed by atoms with Gasteiger partial charge in [0.15, 0.2) is 0 Å². The molecule has 180 valence electrons. The lowest BCUT2D eigenvalue weighted by Crippen LogP contribution is -2.56. The SMILES string of the molecule is CCCCCNC(=O)C1N([C@H](C)CO)C(=O)[C@@H]2[C@@H](C(=O)Nc3ccccc3)[C@@H]3SC12CC3Br. The van der Waals surface area contributed by atoms with E-state index in [1.165, 1.54) is 0 Å². The van der Waals surface area contributed by atoms with Gasteiger partial charge in [0.05, 0.1) is 29.2 Å². The highest BCUT2D eigenvalue weighted by Gasteiger charge is 2.75. The second-order valence-electron chi connectivity index (χ2n) is 9.29. The molecule has 0 aliphatic carbocycles. The van der Waals surface area contributed by atoms with Gasteiger partial charge in [-0.05, 0) is 31.9 Å². The van der Waals surface area contributed by atoms with E-state index in [-0.39, 0.29) is 34.4 Å². The van der Waals surface area contributed by atoms with Crippen LogP contribution in [-0.2, 0) is 14.4 Å². The molecule has 3 fully saturated rings. The summed E-state index contributed by atoms with van der Waals surface area (Å²) < 4.78 is -0.688. The smallest absolute Gasteiger partial charge is 0.244 e. The first-order valence-electron chi connectivity index (χ1n) is 11.7. The van der Waals surface area contributed by atoms with Crippen molar-refractivity contribution in [2.75, 3.05) is 18.5 Å². The first-order chi connectivity index (χ1) is 15.9. The number of nitrogens with zero attached hydrogens (tertiary/aromatic N) is 1. The zero-order chi connectivity index (χ0) is 23.8. The van der Waals surface area contributed by atoms with Crippen LogP contribution in [0.1, 0.15) is 39.5 Å². The normalized spacial score (nSPS) is 33.2. The lowest BCUT2D eigenvalue weighted by molar-refractivity contribution is -0.141. The molecule has 1 spiro atoms. The van der Waals surface area contributed by atoms with Crippen molar-refractivity contribution in [3.05, 3.63) is 30.3 Å². The van der Waals surface area contributed by atoms with Gasteiger partial charge in [-0.15, -0.1) is 11.8 Å². The number of amides is 3. The van der Waals surface area contributed by atoms with Gasteiger partial charge in [0.25, 0.3) is 0 Å². The van der Waals surface area contributed by atoms with Gasteiger partial charge in [0.2, 0.25) is 17.7 Å². The third-order valence-electron chi connectivity index (χ3n) is 7.14. The average molecular weight is 539 g/mol. The number of fused-ring (bicyclic) bond motifs is 1. The minimum atomic E-state index is -0.705. The number of rotatable bonds is 9. The molecule has 9 heteroatoms. The monoisotopic (exact) mass is 537 g/mol. The third kappa shape index (κ3) is 4.21. The molecule has 3 heterocycles. The van der Waals surface area contributed by atoms with Crippen LogP contribution in [-0.4, -0.2) is 67.8 Å². The number of benzene rings is 1. The maximum Gasteiger partial charge on any atom is 0.244 e. The number of para-hydroxylation sites is 1. The minimum absolute atomic E-state index is 0.0258. The number of hydrogen-bond donors (Lipinski definition) is 3. The maximum absolute atomic E-state index is 13.8. The molecule has 1 aromatic rings. The van der Waals surface area contributed by atoms with Crippen molar-refractivity contribution in [1.29, 1.82) is 0 Å². The van der Waals surface area contributed by atoms with Crippen molar-refractivity contribution in [2.45, 2.75) is 66.4 Å².